The molecule has 4 heteroatoms. The van der Waals surface area contributed by atoms with Crippen molar-refractivity contribution in [3.05, 3.63) is 59.4 Å². The third kappa shape index (κ3) is 2.75. The van der Waals surface area contributed by atoms with Crippen molar-refractivity contribution in [3.63, 3.8) is 0 Å². The third-order valence-corrected chi connectivity index (χ3v) is 3.81. The average Bonchev–Trinajstić information content (AvgIpc) is 2.48. The van der Waals surface area contributed by atoms with E-state index < -0.39 is 5.82 Å². The van der Waals surface area contributed by atoms with Gasteiger partial charge in [-0.05, 0) is 38.1 Å². The molecule has 2 aromatic rings. The van der Waals surface area contributed by atoms with Gasteiger partial charge in [0.2, 0.25) is 0 Å². The molecule has 0 radical (unpaired) electrons. The number of rotatable bonds is 2. The Kier molecular flexibility index (Phi) is 3.50. The van der Waals surface area contributed by atoms with E-state index in [1.165, 1.54) is 12.1 Å². The molecule has 1 heterocycles. The summed E-state index contributed by atoms with van der Waals surface area (Å²) >= 11 is 0. The predicted octanol–water partition coefficient (Wildman–Crippen LogP) is 4.41. The highest BCUT2D eigenvalue weighted by atomic mass is 19.1. The second-order valence-electron chi connectivity index (χ2n) is 6.10. The van der Waals surface area contributed by atoms with E-state index in [4.69, 9.17) is 4.74 Å². The maximum absolute atomic E-state index is 13.3. The molecule has 0 aromatic heterocycles. The van der Waals surface area contributed by atoms with Crippen LogP contribution in [0.2, 0.25) is 0 Å². The van der Waals surface area contributed by atoms with Crippen molar-refractivity contribution in [2.24, 2.45) is 0 Å². The van der Waals surface area contributed by atoms with Gasteiger partial charge < -0.3 is 10.1 Å². The number of nitriles is 1. The highest BCUT2D eigenvalue weighted by Crippen LogP contribution is 2.41. The van der Waals surface area contributed by atoms with E-state index >= 15 is 0 Å². The molecule has 0 spiro atoms. The van der Waals surface area contributed by atoms with Crippen molar-refractivity contribution in [2.45, 2.75) is 31.9 Å². The molecular weight excluding hydrogens is 279 g/mol. The molecule has 3 rings (SSSR count). The molecule has 0 fully saturated rings. The molecule has 0 bridgehead atoms. The zero-order chi connectivity index (χ0) is 15.7. The fourth-order valence-electron chi connectivity index (χ4n) is 2.85. The number of fused-ring (bicyclic) bond motifs is 1. The van der Waals surface area contributed by atoms with Crippen LogP contribution < -0.4 is 10.1 Å². The van der Waals surface area contributed by atoms with E-state index in [-0.39, 0.29) is 11.6 Å². The molecule has 112 valence electrons. The molecule has 1 aliphatic rings. The smallest absolute Gasteiger partial charge is 0.125 e. The van der Waals surface area contributed by atoms with Crippen LogP contribution in [0, 0.1) is 17.1 Å². The van der Waals surface area contributed by atoms with Gasteiger partial charge in [0.1, 0.15) is 23.2 Å². The molecule has 0 saturated carbocycles. The Balaban J connectivity index is 1.97. The van der Waals surface area contributed by atoms with Crippen molar-refractivity contribution < 1.29 is 9.13 Å². The molecule has 0 saturated heterocycles. The van der Waals surface area contributed by atoms with Gasteiger partial charge in [-0.1, -0.05) is 18.2 Å². The van der Waals surface area contributed by atoms with Gasteiger partial charge in [0.05, 0.1) is 17.3 Å². The van der Waals surface area contributed by atoms with Crippen molar-refractivity contribution in [1.29, 1.82) is 5.26 Å². The van der Waals surface area contributed by atoms with E-state index in [1.807, 2.05) is 44.2 Å². The van der Waals surface area contributed by atoms with Crippen LogP contribution in [-0.4, -0.2) is 5.60 Å². The standard InChI is InChI=1S/C18H17FN2O/c1-18(2)10-16(14-5-3-4-6-17(14)22-18)21-15-8-7-13(19)9-12(15)11-20/h3-9,16,21H,10H2,1-2H3. The summed E-state index contributed by atoms with van der Waals surface area (Å²) in [6.07, 6.45) is 0.756. The number of nitrogens with one attached hydrogen (secondary N) is 1. The molecule has 2 aromatic carbocycles. The second kappa shape index (κ2) is 5.34. The number of halogens is 1. The van der Waals surface area contributed by atoms with Crippen molar-refractivity contribution in [1.82, 2.24) is 0 Å². The van der Waals surface area contributed by atoms with Crippen LogP contribution in [-0.2, 0) is 0 Å². The monoisotopic (exact) mass is 296 g/mol. The largest absolute Gasteiger partial charge is 0.487 e. The van der Waals surface area contributed by atoms with Crippen LogP contribution in [0.15, 0.2) is 42.5 Å². The summed E-state index contributed by atoms with van der Waals surface area (Å²) in [7, 11) is 0. The maximum atomic E-state index is 13.3. The predicted molar refractivity (Wildman–Crippen MR) is 83.2 cm³/mol. The van der Waals surface area contributed by atoms with E-state index in [1.54, 1.807) is 6.07 Å². The van der Waals surface area contributed by atoms with Crippen LogP contribution in [0.4, 0.5) is 10.1 Å². The van der Waals surface area contributed by atoms with Gasteiger partial charge in [0.25, 0.3) is 0 Å². The first-order chi connectivity index (χ1) is 10.5. The Hall–Kier alpha value is -2.54. The number of anilines is 1. The Morgan fingerprint density at radius 3 is 2.82 bits per heavy atom. The molecule has 1 atom stereocenters. The molecule has 1 aliphatic heterocycles. The normalized spacial score (nSPS) is 18.7. The lowest BCUT2D eigenvalue weighted by atomic mass is 9.89. The van der Waals surface area contributed by atoms with Crippen molar-refractivity contribution >= 4 is 5.69 Å². The quantitative estimate of drug-likeness (QED) is 0.892. The summed E-state index contributed by atoms with van der Waals surface area (Å²) in [6, 6.07) is 14.1. The van der Waals surface area contributed by atoms with Gasteiger partial charge in [-0.25, -0.2) is 4.39 Å². The summed E-state index contributed by atoms with van der Waals surface area (Å²) in [5, 5.41) is 12.6. The molecule has 0 amide bonds. The summed E-state index contributed by atoms with van der Waals surface area (Å²) in [4.78, 5) is 0. The minimum Gasteiger partial charge on any atom is -0.487 e. The Labute approximate surface area is 129 Å². The zero-order valence-electron chi connectivity index (χ0n) is 12.6. The first-order valence-corrected chi connectivity index (χ1v) is 7.23. The highest BCUT2D eigenvalue weighted by Gasteiger charge is 2.33. The van der Waals surface area contributed by atoms with Crippen LogP contribution >= 0.6 is 0 Å². The van der Waals surface area contributed by atoms with Gasteiger partial charge in [-0.3, -0.25) is 0 Å². The molecule has 1 unspecified atom stereocenters. The summed E-state index contributed by atoms with van der Waals surface area (Å²) in [5.74, 6) is 0.437. The summed E-state index contributed by atoms with van der Waals surface area (Å²) in [5.41, 5.74) is 1.69. The Morgan fingerprint density at radius 1 is 1.27 bits per heavy atom. The highest BCUT2D eigenvalue weighted by molar-refractivity contribution is 5.59. The van der Waals surface area contributed by atoms with E-state index in [0.717, 1.165) is 17.7 Å². The number of nitrogens with zero attached hydrogens (tertiary/aromatic N) is 1. The third-order valence-electron chi connectivity index (χ3n) is 3.81. The van der Waals surface area contributed by atoms with Gasteiger partial charge in [-0.15, -0.1) is 0 Å². The molecule has 22 heavy (non-hydrogen) atoms. The maximum Gasteiger partial charge on any atom is 0.125 e. The van der Waals surface area contributed by atoms with Gasteiger partial charge in [-0.2, -0.15) is 5.26 Å². The number of ether oxygens (including phenoxy) is 1. The molecule has 1 N–H and O–H groups in total. The first-order valence-electron chi connectivity index (χ1n) is 7.23. The number of hydrogen-bond donors (Lipinski definition) is 1. The van der Waals surface area contributed by atoms with Crippen LogP contribution in [0.25, 0.3) is 0 Å². The zero-order valence-corrected chi connectivity index (χ0v) is 12.6. The van der Waals surface area contributed by atoms with Crippen LogP contribution in [0.1, 0.15) is 37.4 Å². The van der Waals surface area contributed by atoms with E-state index in [9.17, 15) is 9.65 Å². The van der Waals surface area contributed by atoms with E-state index in [0.29, 0.717) is 11.3 Å². The Morgan fingerprint density at radius 2 is 2.05 bits per heavy atom. The Bertz CT molecular complexity index is 749. The fourth-order valence-corrected chi connectivity index (χ4v) is 2.85. The first kappa shape index (κ1) is 14.4. The van der Waals surface area contributed by atoms with Gasteiger partial charge in [0.15, 0.2) is 0 Å². The minimum absolute atomic E-state index is 0.0116. The van der Waals surface area contributed by atoms with Gasteiger partial charge in [0, 0.05) is 12.0 Å². The number of benzene rings is 2. The lowest BCUT2D eigenvalue weighted by Gasteiger charge is -2.38. The molecule has 3 nitrogen and oxygen atoms in total. The van der Waals surface area contributed by atoms with Gasteiger partial charge >= 0.3 is 0 Å². The lowest BCUT2D eigenvalue weighted by molar-refractivity contribution is 0.0759. The van der Waals surface area contributed by atoms with Crippen molar-refractivity contribution in [2.75, 3.05) is 5.32 Å². The molecular formula is C18H17FN2O. The number of hydrogen-bond acceptors (Lipinski definition) is 3. The van der Waals surface area contributed by atoms with E-state index in [2.05, 4.69) is 5.32 Å². The molecule has 0 aliphatic carbocycles. The van der Waals surface area contributed by atoms with Crippen molar-refractivity contribution in [3.8, 4) is 11.8 Å². The average molecular weight is 296 g/mol. The minimum atomic E-state index is -0.408. The number of para-hydroxylation sites is 1. The van der Waals surface area contributed by atoms with Crippen LogP contribution in [0.5, 0.6) is 5.75 Å². The topological polar surface area (TPSA) is 45.0 Å². The second-order valence-corrected chi connectivity index (χ2v) is 6.10. The summed E-state index contributed by atoms with van der Waals surface area (Å²) < 4.78 is 19.3. The summed E-state index contributed by atoms with van der Waals surface area (Å²) in [6.45, 7) is 4.07. The fraction of sp³-hybridized carbons (Fsp3) is 0.278. The SMILES string of the molecule is CC1(C)CC(Nc2ccc(F)cc2C#N)c2ccccc2O1. The lowest BCUT2D eigenvalue weighted by Crippen LogP contribution is -2.37. The van der Waals surface area contributed by atoms with Crippen LogP contribution in [0.3, 0.4) is 0 Å².